The fraction of sp³-hybridized carbons (Fsp3) is 0.200. The van der Waals surface area contributed by atoms with Gasteiger partial charge in [0.15, 0.2) is 0 Å². The van der Waals surface area contributed by atoms with E-state index in [1.165, 1.54) is 6.20 Å². The summed E-state index contributed by atoms with van der Waals surface area (Å²) in [5, 5.41) is 9.99. The number of benzene rings is 1. The number of nitrogens with zero attached hydrogens (tertiary/aromatic N) is 2. The van der Waals surface area contributed by atoms with Crippen LogP contribution in [-0.4, -0.2) is 22.1 Å². The Kier molecular flexibility index (Phi) is 3.32. The van der Waals surface area contributed by atoms with Crippen LogP contribution in [0.5, 0.6) is 0 Å². The van der Waals surface area contributed by atoms with Crippen molar-refractivity contribution in [2.24, 2.45) is 0 Å². The number of hydrogen-bond acceptors (Lipinski definition) is 3. The summed E-state index contributed by atoms with van der Waals surface area (Å²) in [5.41, 5.74) is 2.23. The zero-order chi connectivity index (χ0) is 14.1. The van der Waals surface area contributed by atoms with E-state index in [0.717, 1.165) is 11.1 Å². The Morgan fingerprint density at radius 1 is 1.25 bits per heavy atom. The minimum atomic E-state index is -0.837. The molecule has 102 valence electrons. The smallest absolute Gasteiger partial charge is 0.326 e. The molecule has 2 heterocycles. The van der Waals surface area contributed by atoms with Crippen molar-refractivity contribution in [3.8, 4) is 0 Å². The number of carboxylic acids is 1. The number of pyridine rings is 1. The summed E-state index contributed by atoms with van der Waals surface area (Å²) >= 11 is 5.83. The molecule has 1 aromatic carbocycles. The molecule has 0 bridgehead atoms. The molecule has 1 atom stereocenters. The third-order valence-corrected chi connectivity index (χ3v) is 3.76. The summed E-state index contributed by atoms with van der Waals surface area (Å²) in [7, 11) is 0. The lowest BCUT2D eigenvalue weighted by Gasteiger charge is -2.35. The Morgan fingerprint density at radius 2 is 2.00 bits per heavy atom. The van der Waals surface area contributed by atoms with Crippen molar-refractivity contribution in [3.05, 3.63) is 58.7 Å². The second-order valence-electron chi connectivity index (χ2n) is 4.79. The molecular formula is C15H13ClN2O2. The van der Waals surface area contributed by atoms with Gasteiger partial charge >= 0.3 is 5.97 Å². The van der Waals surface area contributed by atoms with Crippen LogP contribution in [0.2, 0.25) is 5.02 Å². The van der Waals surface area contributed by atoms with E-state index in [9.17, 15) is 9.90 Å². The number of anilines is 1. The van der Waals surface area contributed by atoms with Crippen molar-refractivity contribution in [2.45, 2.75) is 19.0 Å². The highest BCUT2D eigenvalue weighted by Gasteiger charge is 2.32. The maximum absolute atomic E-state index is 11.5. The van der Waals surface area contributed by atoms with Crippen molar-refractivity contribution in [1.82, 2.24) is 4.98 Å². The fourth-order valence-corrected chi connectivity index (χ4v) is 2.63. The molecule has 1 aromatic heterocycles. The Morgan fingerprint density at radius 3 is 2.65 bits per heavy atom. The van der Waals surface area contributed by atoms with E-state index in [-0.39, 0.29) is 0 Å². The standard InChI is InChI=1S/C15H13ClN2O2/c16-12-5-6-14(17-8-12)18-9-11-4-2-1-3-10(11)7-13(18)15(19)20/h1-6,8,13H,7,9H2,(H,19,20). The Labute approximate surface area is 121 Å². The second-order valence-corrected chi connectivity index (χ2v) is 5.23. The Balaban J connectivity index is 2.00. The van der Waals surface area contributed by atoms with E-state index < -0.39 is 12.0 Å². The quantitative estimate of drug-likeness (QED) is 0.923. The summed E-state index contributed by atoms with van der Waals surface area (Å²) in [6.07, 6.45) is 2.02. The molecule has 3 rings (SSSR count). The highest BCUT2D eigenvalue weighted by atomic mass is 35.5. The van der Waals surface area contributed by atoms with Gasteiger partial charge in [0.1, 0.15) is 11.9 Å². The molecule has 5 heteroatoms. The molecule has 4 nitrogen and oxygen atoms in total. The van der Waals surface area contributed by atoms with Gasteiger partial charge in [-0.2, -0.15) is 0 Å². The van der Waals surface area contributed by atoms with Crippen LogP contribution in [0.4, 0.5) is 5.82 Å². The molecule has 0 saturated heterocycles. The van der Waals surface area contributed by atoms with Crippen molar-refractivity contribution in [2.75, 3.05) is 4.90 Å². The number of aromatic nitrogens is 1. The molecule has 0 amide bonds. The second kappa shape index (κ2) is 5.13. The maximum atomic E-state index is 11.5. The van der Waals surface area contributed by atoms with Crippen LogP contribution in [0.25, 0.3) is 0 Å². The number of hydrogen-bond donors (Lipinski definition) is 1. The topological polar surface area (TPSA) is 53.4 Å². The highest BCUT2D eigenvalue weighted by molar-refractivity contribution is 6.30. The van der Waals surface area contributed by atoms with Crippen LogP contribution < -0.4 is 4.90 Å². The van der Waals surface area contributed by atoms with Crippen molar-refractivity contribution in [1.29, 1.82) is 0 Å². The summed E-state index contributed by atoms with van der Waals surface area (Å²) in [6, 6.07) is 10.8. The highest BCUT2D eigenvalue weighted by Crippen LogP contribution is 2.27. The maximum Gasteiger partial charge on any atom is 0.326 e. The van der Waals surface area contributed by atoms with Crippen LogP contribution in [-0.2, 0) is 17.8 Å². The molecule has 1 unspecified atom stereocenters. The van der Waals surface area contributed by atoms with Gasteiger partial charge in [0.05, 0.1) is 5.02 Å². The zero-order valence-corrected chi connectivity index (χ0v) is 11.4. The minimum Gasteiger partial charge on any atom is -0.480 e. The van der Waals surface area contributed by atoms with Gasteiger partial charge < -0.3 is 10.0 Å². The summed E-state index contributed by atoms with van der Waals surface area (Å²) in [4.78, 5) is 17.6. The third kappa shape index (κ3) is 2.34. The van der Waals surface area contributed by atoms with E-state index in [1.54, 1.807) is 17.0 Å². The van der Waals surface area contributed by atoms with E-state index in [4.69, 9.17) is 11.6 Å². The number of halogens is 1. The van der Waals surface area contributed by atoms with Crippen LogP contribution >= 0.6 is 11.6 Å². The van der Waals surface area contributed by atoms with Crippen molar-refractivity contribution < 1.29 is 9.90 Å². The van der Waals surface area contributed by atoms with Gasteiger partial charge in [-0.25, -0.2) is 9.78 Å². The normalized spacial score (nSPS) is 17.6. The lowest BCUT2D eigenvalue weighted by atomic mass is 9.94. The number of fused-ring (bicyclic) bond motifs is 1. The fourth-order valence-electron chi connectivity index (χ4n) is 2.52. The van der Waals surface area contributed by atoms with Gasteiger partial charge in [0.25, 0.3) is 0 Å². The number of carbonyl (C=O) groups is 1. The van der Waals surface area contributed by atoms with E-state index in [1.807, 2.05) is 24.3 Å². The molecule has 0 fully saturated rings. The monoisotopic (exact) mass is 288 g/mol. The molecular weight excluding hydrogens is 276 g/mol. The summed E-state index contributed by atoms with van der Waals surface area (Å²) in [5.74, 6) is -0.201. The molecule has 0 radical (unpaired) electrons. The molecule has 0 saturated carbocycles. The van der Waals surface area contributed by atoms with Crippen LogP contribution in [0.1, 0.15) is 11.1 Å². The first-order chi connectivity index (χ1) is 9.65. The third-order valence-electron chi connectivity index (χ3n) is 3.54. The molecule has 1 aliphatic rings. The molecule has 2 aromatic rings. The van der Waals surface area contributed by atoms with Crippen molar-refractivity contribution in [3.63, 3.8) is 0 Å². The lowest BCUT2D eigenvalue weighted by Crippen LogP contribution is -2.46. The molecule has 0 aliphatic carbocycles. The first-order valence-electron chi connectivity index (χ1n) is 6.33. The Bertz CT molecular complexity index is 643. The molecule has 1 aliphatic heterocycles. The summed E-state index contributed by atoms with van der Waals surface area (Å²) < 4.78 is 0. The van der Waals surface area contributed by atoms with Gasteiger partial charge in [-0.1, -0.05) is 35.9 Å². The van der Waals surface area contributed by atoms with Gasteiger partial charge in [-0.3, -0.25) is 0 Å². The van der Waals surface area contributed by atoms with Gasteiger partial charge in [-0.15, -0.1) is 0 Å². The predicted octanol–water partition coefficient (Wildman–Crippen LogP) is 2.75. The average Bonchev–Trinajstić information content (AvgIpc) is 2.46. The molecule has 0 spiro atoms. The van der Waals surface area contributed by atoms with Gasteiger partial charge in [0.2, 0.25) is 0 Å². The summed E-state index contributed by atoms with van der Waals surface area (Å²) in [6.45, 7) is 0.543. The van der Waals surface area contributed by atoms with E-state index >= 15 is 0 Å². The first kappa shape index (κ1) is 12.9. The number of aliphatic carboxylic acids is 1. The zero-order valence-electron chi connectivity index (χ0n) is 10.7. The minimum absolute atomic E-state index is 0.482. The lowest BCUT2D eigenvalue weighted by molar-refractivity contribution is -0.138. The van der Waals surface area contributed by atoms with E-state index in [2.05, 4.69) is 4.98 Å². The van der Waals surface area contributed by atoms with Gasteiger partial charge in [0, 0.05) is 19.2 Å². The predicted molar refractivity (Wildman–Crippen MR) is 77.0 cm³/mol. The SMILES string of the molecule is O=C(O)C1Cc2ccccc2CN1c1ccc(Cl)cn1. The van der Waals surface area contributed by atoms with E-state index in [0.29, 0.717) is 23.8 Å². The van der Waals surface area contributed by atoms with Crippen molar-refractivity contribution >= 4 is 23.4 Å². The average molecular weight is 289 g/mol. The molecule has 20 heavy (non-hydrogen) atoms. The van der Waals surface area contributed by atoms with Crippen LogP contribution in [0.15, 0.2) is 42.6 Å². The van der Waals surface area contributed by atoms with Gasteiger partial charge in [-0.05, 0) is 23.3 Å². The number of rotatable bonds is 2. The largest absolute Gasteiger partial charge is 0.480 e. The Hall–Kier alpha value is -2.07. The van der Waals surface area contributed by atoms with Crippen LogP contribution in [0, 0.1) is 0 Å². The molecule has 1 N–H and O–H groups in total. The first-order valence-corrected chi connectivity index (χ1v) is 6.71. The van der Waals surface area contributed by atoms with Crippen LogP contribution in [0.3, 0.4) is 0 Å². The number of carboxylic acid groups (broad SMARTS) is 1.